The van der Waals surface area contributed by atoms with E-state index in [1.807, 2.05) is 0 Å². The molecule has 0 aliphatic carbocycles. The predicted molar refractivity (Wildman–Crippen MR) is 67.6 cm³/mol. The van der Waals surface area contributed by atoms with Crippen molar-refractivity contribution in [1.82, 2.24) is 4.98 Å². The second-order valence-corrected chi connectivity index (χ2v) is 3.91. The van der Waals surface area contributed by atoms with Gasteiger partial charge < -0.3 is 9.47 Å². The lowest BCUT2D eigenvalue weighted by Crippen LogP contribution is -2.07. The van der Waals surface area contributed by atoms with Crippen molar-refractivity contribution in [2.45, 2.75) is 6.61 Å². The highest BCUT2D eigenvalue weighted by molar-refractivity contribution is 5.97. The number of rotatable bonds is 4. The van der Waals surface area contributed by atoms with E-state index < -0.39 is 18.4 Å². The molecule has 2 rings (SSSR count). The van der Waals surface area contributed by atoms with Crippen LogP contribution in [0.15, 0.2) is 36.5 Å². The van der Waals surface area contributed by atoms with Crippen molar-refractivity contribution >= 4 is 5.97 Å². The first-order valence-electron chi connectivity index (χ1n) is 5.81. The quantitative estimate of drug-likeness (QED) is 0.813. The third-order valence-electron chi connectivity index (χ3n) is 2.64. The number of methoxy groups -OCH3 is 1. The van der Waals surface area contributed by atoms with E-state index in [0.29, 0.717) is 0 Å². The summed E-state index contributed by atoms with van der Waals surface area (Å²) in [6.45, 7) is -3.03. The Labute approximate surface area is 118 Å². The van der Waals surface area contributed by atoms with E-state index >= 15 is 0 Å². The molecule has 0 spiro atoms. The number of ether oxygens (including phenoxy) is 2. The molecule has 7 heteroatoms. The minimum atomic E-state index is -3.03. The average molecular weight is 297 g/mol. The van der Waals surface area contributed by atoms with Gasteiger partial charge in [0.15, 0.2) is 0 Å². The molecule has 1 aromatic carbocycles. The van der Waals surface area contributed by atoms with Crippen molar-refractivity contribution in [3.8, 4) is 17.0 Å². The van der Waals surface area contributed by atoms with Gasteiger partial charge >= 0.3 is 12.6 Å². The number of halogens is 3. The summed E-state index contributed by atoms with van der Waals surface area (Å²) in [5, 5.41) is 0. The summed E-state index contributed by atoms with van der Waals surface area (Å²) in [7, 11) is 1.13. The molecule has 0 fully saturated rings. The van der Waals surface area contributed by atoms with Crippen molar-refractivity contribution in [3.63, 3.8) is 0 Å². The summed E-state index contributed by atoms with van der Waals surface area (Å²) in [4.78, 5) is 15.6. The Morgan fingerprint density at radius 3 is 2.67 bits per heavy atom. The summed E-state index contributed by atoms with van der Waals surface area (Å²) in [5.41, 5.74) is -0.0729. The predicted octanol–water partition coefficient (Wildman–Crippen LogP) is 3.28. The number of aromatic nitrogens is 1. The third kappa shape index (κ3) is 3.31. The highest BCUT2D eigenvalue weighted by Crippen LogP contribution is 2.29. The van der Waals surface area contributed by atoms with Crippen molar-refractivity contribution in [3.05, 3.63) is 47.9 Å². The van der Waals surface area contributed by atoms with Gasteiger partial charge in [-0.05, 0) is 30.3 Å². The maximum absolute atomic E-state index is 13.8. The number of benzene rings is 1. The molecule has 1 aromatic heterocycles. The van der Waals surface area contributed by atoms with Crippen LogP contribution < -0.4 is 4.74 Å². The zero-order valence-corrected chi connectivity index (χ0v) is 10.8. The first-order valence-corrected chi connectivity index (χ1v) is 5.81. The van der Waals surface area contributed by atoms with Gasteiger partial charge in [-0.25, -0.2) is 9.18 Å². The van der Waals surface area contributed by atoms with Crippen LogP contribution in [0, 0.1) is 5.82 Å². The van der Waals surface area contributed by atoms with Gasteiger partial charge in [0, 0.05) is 11.8 Å². The molecule has 110 valence electrons. The smallest absolute Gasteiger partial charge is 0.387 e. The normalized spacial score (nSPS) is 10.5. The molecule has 0 bridgehead atoms. The van der Waals surface area contributed by atoms with E-state index in [2.05, 4.69) is 14.5 Å². The molecule has 0 saturated heterocycles. The molecule has 0 unspecified atom stereocenters. The second-order valence-electron chi connectivity index (χ2n) is 3.91. The number of pyridine rings is 1. The summed E-state index contributed by atoms with van der Waals surface area (Å²) < 4.78 is 47.0. The lowest BCUT2D eigenvalue weighted by Gasteiger charge is -2.11. The summed E-state index contributed by atoms with van der Waals surface area (Å²) >= 11 is 0. The SMILES string of the molecule is COC(=O)c1cc(OC(F)F)ccc1-c1ncccc1F. The van der Waals surface area contributed by atoms with Crippen LogP contribution in [0.5, 0.6) is 5.75 Å². The first kappa shape index (κ1) is 14.8. The Balaban J connectivity index is 2.55. The summed E-state index contributed by atoms with van der Waals surface area (Å²) in [6, 6.07) is 6.09. The molecule has 0 atom stereocenters. The summed E-state index contributed by atoms with van der Waals surface area (Å²) in [5.74, 6) is -1.69. The fraction of sp³-hybridized carbons (Fsp3) is 0.143. The van der Waals surface area contributed by atoms with E-state index in [4.69, 9.17) is 0 Å². The van der Waals surface area contributed by atoms with Crippen molar-refractivity contribution in [2.24, 2.45) is 0 Å². The number of esters is 1. The van der Waals surface area contributed by atoms with E-state index in [9.17, 15) is 18.0 Å². The van der Waals surface area contributed by atoms with Gasteiger partial charge in [-0.2, -0.15) is 8.78 Å². The van der Waals surface area contributed by atoms with Crippen LogP contribution in [0.3, 0.4) is 0 Å². The maximum atomic E-state index is 13.8. The van der Waals surface area contributed by atoms with Crippen LogP contribution in [0.1, 0.15) is 10.4 Å². The van der Waals surface area contributed by atoms with E-state index in [-0.39, 0.29) is 22.6 Å². The van der Waals surface area contributed by atoms with Gasteiger partial charge in [-0.15, -0.1) is 0 Å². The molecule has 1 heterocycles. The van der Waals surface area contributed by atoms with Gasteiger partial charge in [-0.3, -0.25) is 4.98 Å². The van der Waals surface area contributed by atoms with E-state index in [1.165, 1.54) is 30.5 Å². The third-order valence-corrected chi connectivity index (χ3v) is 2.64. The first-order chi connectivity index (χ1) is 10.0. The molecule has 21 heavy (non-hydrogen) atoms. The molecular formula is C14H10F3NO3. The lowest BCUT2D eigenvalue weighted by atomic mass is 10.0. The van der Waals surface area contributed by atoms with E-state index in [0.717, 1.165) is 13.2 Å². The van der Waals surface area contributed by atoms with Gasteiger partial charge in [-0.1, -0.05) is 0 Å². The van der Waals surface area contributed by atoms with Gasteiger partial charge in [0.25, 0.3) is 0 Å². The molecule has 0 amide bonds. The van der Waals surface area contributed by atoms with Crippen LogP contribution in [0.2, 0.25) is 0 Å². The number of carbonyl (C=O) groups excluding carboxylic acids is 1. The van der Waals surface area contributed by atoms with Crippen LogP contribution in [-0.2, 0) is 4.74 Å². The fourth-order valence-electron chi connectivity index (χ4n) is 1.77. The molecule has 2 aromatic rings. The Morgan fingerprint density at radius 2 is 2.05 bits per heavy atom. The van der Waals surface area contributed by atoms with Crippen molar-refractivity contribution in [2.75, 3.05) is 7.11 Å². The standard InChI is InChI=1S/C14H10F3NO3/c1-20-13(19)10-7-8(21-14(16)17)4-5-9(10)12-11(15)3-2-6-18-12/h2-7,14H,1H3. The number of alkyl halides is 2. The zero-order chi connectivity index (χ0) is 15.4. The number of nitrogens with zero attached hydrogens (tertiary/aromatic N) is 1. The number of carbonyl (C=O) groups is 1. The molecular weight excluding hydrogens is 287 g/mol. The van der Waals surface area contributed by atoms with Crippen LogP contribution in [0.25, 0.3) is 11.3 Å². The number of hydrogen-bond donors (Lipinski definition) is 0. The van der Waals surface area contributed by atoms with Gasteiger partial charge in [0.1, 0.15) is 17.3 Å². The Kier molecular flexibility index (Phi) is 4.42. The van der Waals surface area contributed by atoms with Crippen LogP contribution >= 0.6 is 0 Å². The number of hydrogen-bond acceptors (Lipinski definition) is 4. The molecule has 0 aliphatic heterocycles. The lowest BCUT2D eigenvalue weighted by molar-refractivity contribution is -0.0499. The van der Waals surface area contributed by atoms with Crippen LogP contribution in [0.4, 0.5) is 13.2 Å². The molecule has 4 nitrogen and oxygen atoms in total. The second kappa shape index (κ2) is 6.25. The molecule has 0 radical (unpaired) electrons. The summed E-state index contributed by atoms with van der Waals surface area (Å²) in [6.07, 6.45) is 1.35. The molecule has 0 saturated carbocycles. The largest absolute Gasteiger partial charge is 0.465 e. The highest BCUT2D eigenvalue weighted by atomic mass is 19.3. The molecule has 0 aliphatic rings. The monoisotopic (exact) mass is 297 g/mol. The Hall–Kier alpha value is -2.57. The Morgan fingerprint density at radius 1 is 1.29 bits per heavy atom. The van der Waals surface area contributed by atoms with E-state index in [1.54, 1.807) is 0 Å². The minimum Gasteiger partial charge on any atom is -0.465 e. The van der Waals surface area contributed by atoms with Gasteiger partial charge in [0.2, 0.25) is 0 Å². The highest BCUT2D eigenvalue weighted by Gasteiger charge is 2.19. The fourth-order valence-corrected chi connectivity index (χ4v) is 1.77. The van der Waals surface area contributed by atoms with Gasteiger partial charge in [0.05, 0.1) is 12.7 Å². The van der Waals surface area contributed by atoms with Crippen LogP contribution in [-0.4, -0.2) is 24.7 Å². The van der Waals surface area contributed by atoms with Crippen molar-refractivity contribution in [1.29, 1.82) is 0 Å². The van der Waals surface area contributed by atoms with Crippen molar-refractivity contribution < 1.29 is 27.4 Å². The topological polar surface area (TPSA) is 48.4 Å². The zero-order valence-electron chi connectivity index (χ0n) is 10.8. The maximum Gasteiger partial charge on any atom is 0.387 e. The average Bonchev–Trinajstić information content (AvgIpc) is 2.46. The minimum absolute atomic E-state index is 0.0819. The Bertz CT molecular complexity index is 662. The molecule has 0 N–H and O–H groups in total.